The van der Waals surface area contributed by atoms with Gasteiger partial charge in [-0.3, -0.25) is 9.59 Å². The summed E-state index contributed by atoms with van der Waals surface area (Å²) in [7, 11) is 6.81. The van der Waals surface area contributed by atoms with E-state index in [0.29, 0.717) is 41.5 Å². The van der Waals surface area contributed by atoms with E-state index in [0.717, 1.165) is 5.56 Å². The Hall–Kier alpha value is -3.52. The largest absolute Gasteiger partial charge is 0.507 e. The van der Waals surface area contributed by atoms with Gasteiger partial charge in [0.25, 0.3) is 11.7 Å². The summed E-state index contributed by atoms with van der Waals surface area (Å²) in [6.07, 6.45) is -0.0609. The molecule has 1 unspecified atom stereocenters. The van der Waals surface area contributed by atoms with Crippen LogP contribution in [-0.2, 0) is 9.59 Å². The number of carbonyl (C=O) groups is 2. The van der Waals surface area contributed by atoms with E-state index in [2.05, 4.69) is 0 Å². The molecule has 1 fully saturated rings. The van der Waals surface area contributed by atoms with E-state index in [1.165, 1.54) is 19.1 Å². The van der Waals surface area contributed by atoms with Crippen molar-refractivity contribution in [3.63, 3.8) is 0 Å². The van der Waals surface area contributed by atoms with Crippen LogP contribution in [0.2, 0.25) is 0 Å². The molecule has 1 amide bonds. The SMILES string of the molecule is COc1cc(C2/C(=C(\O)c3cc(C)ccc3OC)C(=O)C(=O)N2CCN(C)C)ccc1OC(C)C. The first-order valence-corrected chi connectivity index (χ1v) is 11.5. The van der Waals surface area contributed by atoms with E-state index in [1.54, 1.807) is 30.3 Å². The van der Waals surface area contributed by atoms with Crippen molar-refractivity contribution in [2.45, 2.75) is 32.9 Å². The highest BCUT2D eigenvalue weighted by molar-refractivity contribution is 6.46. The number of hydrogen-bond donors (Lipinski definition) is 1. The number of aryl methyl sites for hydroxylation is 1. The summed E-state index contributed by atoms with van der Waals surface area (Å²) in [6.45, 7) is 6.55. The van der Waals surface area contributed by atoms with Crippen molar-refractivity contribution in [3.8, 4) is 17.2 Å². The Morgan fingerprint density at radius 1 is 1.03 bits per heavy atom. The van der Waals surface area contributed by atoms with Crippen molar-refractivity contribution >= 4 is 17.4 Å². The standard InChI is InChI=1S/C27H34N2O6/c1-16(2)35-21-11-9-18(15-22(21)34-7)24-23(26(31)27(32)29(24)13-12-28(4)5)25(30)19-14-17(3)8-10-20(19)33-6/h8-11,14-16,24,30H,12-13H2,1-7H3/b25-23+. The van der Waals surface area contributed by atoms with E-state index < -0.39 is 17.7 Å². The molecule has 0 radical (unpaired) electrons. The second kappa shape index (κ2) is 10.8. The van der Waals surface area contributed by atoms with Crippen molar-refractivity contribution in [1.29, 1.82) is 0 Å². The summed E-state index contributed by atoms with van der Waals surface area (Å²) in [4.78, 5) is 29.9. The number of aliphatic hydroxyl groups is 1. The van der Waals surface area contributed by atoms with Crippen LogP contribution >= 0.6 is 0 Å². The molecule has 1 aliphatic rings. The third-order valence-corrected chi connectivity index (χ3v) is 5.80. The van der Waals surface area contributed by atoms with Gasteiger partial charge in [-0.2, -0.15) is 0 Å². The van der Waals surface area contributed by atoms with Gasteiger partial charge >= 0.3 is 0 Å². The normalized spacial score (nSPS) is 17.4. The molecular weight excluding hydrogens is 448 g/mol. The highest BCUT2D eigenvalue weighted by Gasteiger charge is 2.46. The van der Waals surface area contributed by atoms with Gasteiger partial charge in [-0.15, -0.1) is 0 Å². The number of ketones is 1. The molecule has 0 aliphatic carbocycles. The lowest BCUT2D eigenvalue weighted by molar-refractivity contribution is -0.140. The molecule has 0 spiro atoms. The molecule has 8 heteroatoms. The van der Waals surface area contributed by atoms with Crippen molar-refractivity contribution < 1.29 is 28.9 Å². The third-order valence-electron chi connectivity index (χ3n) is 5.80. The number of methoxy groups -OCH3 is 2. The molecular formula is C27H34N2O6. The second-order valence-corrected chi connectivity index (χ2v) is 9.08. The Bertz CT molecular complexity index is 1140. The Morgan fingerprint density at radius 2 is 1.69 bits per heavy atom. The second-order valence-electron chi connectivity index (χ2n) is 9.08. The smallest absolute Gasteiger partial charge is 0.295 e. The van der Waals surface area contributed by atoms with Crippen molar-refractivity contribution in [3.05, 3.63) is 58.7 Å². The number of nitrogens with zero attached hydrogens (tertiary/aromatic N) is 2. The average molecular weight is 483 g/mol. The van der Waals surface area contributed by atoms with Gasteiger partial charge in [0, 0.05) is 13.1 Å². The maximum absolute atomic E-state index is 13.3. The zero-order valence-electron chi connectivity index (χ0n) is 21.4. The van der Waals surface area contributed by atoms with Crippen LogP contribution in [0.1, 0.15) is 36.6 Å². The quantitative estimate of drug-likeness (QED) is 0.331. The van der Waals surface area contributed by atoms with Crippen LogP contribution in [0.4, 0.5) is 0 Å². The fourth-order valence-corrected chi connectivity index (χ4v) is 4.12. The van der Waals surface area contributed by atoms with Crippen LogP contribution < -0.4 is 14.2 Å². The average Bonchev–Trinajstić information content (AvgIpc) is 3.06. The zero-order chi connectivity index (χ0) is 25.9. The van der Waals surface area contributed by atoms with Crippen LogP contribution in [0, 0.1) is 6.92 Å². The van der Waals surface area contributed by atoms with Crippen LogP contribution in [0.25, 0.3) is 5.76 Å². The van der Waals surface area contributed by atoms with Gasteiger partial charge in [0.2, 0.25) is 0 Å². The third kappa shape index (κ3) is 5.43. The van der Waals surface area contributed by atoms with Crippen LogP contribution in [0.3, 0.4) is 0 Å². The highest BCUT2D eigenvalue weighted by atomic mass is 16.5. The van der Waals surface area contributed by atoms with Gasteiger partial charge in [0.15, 0.2) is 11.5 Å². The molecule has 0 bridgehead atoms. The number of ether oxygens (including phenoxy) is 3. The molecule has 2 aromatic carbocycles. The number of carbonyl (C=O) groups excluding carboxylic acids is 2. The summed E-state index contributed by atoms with van der Waals surface area (Å²) < 4.78 is 16.8. The lowest BCUT2D eigenvalue weighted by Gasteiger charge is -2.27. The molecule has 35 heavy (non-hydrogen) atoms. The van der Waals surface area contributed by atoms with E-state index in [-0.39, 0.29) is 17.4 Å². The van der Waals surface area contributed by atoms with E-state index in [1.807, 2.05) is 45.8 Å². The molecule has 8 nitrogen and oxygen atoms in total. The predicted molar refractivity (Wildman–Crippen MR) is 134 cm³/mol. The van der Waals surface area contributed by atoms with Crippen LogP contribution in [-0.4, -0.2) is 74.1 Å². The molecule has 1 N–H and O–H groups in total. The van der Waals surface area contributed by atoms with Gasteiger partial charge in [-0.25, -0.2) is 0 Å². The van der Waals surface area contributed by atoms with Crippen molar-refractivity contribution in [2.24, 2.45) is 0 Å². The number of likely N-dealkylation sites (tertiary alicyclic amines) is 1. The Balaban J connectivity index is 2.23. The summed E-state index contributed by atoms with van der Waals surface area (Å²) in [5.74, 6) is -0.241. The first kappa shape index (κ1) is 26.1. The first-order valence-electron chi connectivity index (χ1n) is 11.5. The number of aliphatic hydroxyl groups excluding tert-OH is 1. The monoisotopic (exact) mass is 482 g/mol. The number of rotatable bonds is 9. The lowest BCUT2D eigenvalue weighted by Crippen LogP contribution is -2.35. The summed E-state index contributed by atoms with van der Waals surface area (Å²) >= 11 is 0. The molecule has 0 saturated carbocycles. The fraction of sp³-hybridized carbons (Fsp3) is 0.407. The number of hydrogen-bond acceptors (Lipinski definition) is 7. The number of Topliss-reactive ketones (excluding diaryl/α,β-unsaturated/α-hetero) is 1. The molecule has 2 aromatic rings. The summed E-state index contributed by atoms with van der Waals surface area (Å²) in [6, 6.07) is 9.80. The minimum atomic E-state index is -0.804. The number of amides is 1. The number of benzene rings is 2. The Labute approximate surface area is 206 Å². The Morgan fingerprint density at radius 3 is 2.29 bits per heavy atom. The molecule has 1 heterocycles. The number of likely N-dealkylation sites (N-methyl/N-ethyl adjacent to an activating group) is 1. The van der Waals surface area contributed by atoms with E-state index >= 15 is 0 Å². The van der Waals surface area contributed by atoms with E-state index in [9.17, 15) is 14.7 Å². The molecule has 1 saturated heterocycles. The first-order chi connectivity index (χ1) is 16.6. The van der Waals surface area contributed by atoms with Gasteiger partial charge < -0.3 is 29.1 Å². The molecule has 188 valence electrons. The summed E-state index contributed by atoms with van der Waals surface area (Å²) in [5, 5.41) is 11.4. The van der Waals surface area contributed by atoms with E-state index in [4.69, 9.17) is 14.2 Å². The topological polar surface area (TPSA) is 88.5 Å². The minimum Gasteiger partial charge on any atom is -0.507 e. The maximum Gasteiger partial charge on any atom is 0.295 e. The van der Waals surface area contributed by atoms with Gasteiger partial charge in [0.05, 0.1) is 37.5 Å². The van der Waals surface area contributed by atoms with Crippen LogP contribution in [0.5, 0.6) is 17.2 Å². The van der Waals surface area contributed by atoms with Crippen LogP contribution in [0.15, 0.2) is 42.0 Å². The molecule has 1 atom stereocenters. The molecule has 1 aliphatic heterocycles. The predicted octanol–water partition coefficient (Wildman–Crippen LogP) is 3.78. The minimum absolute atomic E-state index is 0.0113. The zero-order valence-corrected chi connectivity index (χ0v) is 21.4. The van der Waals surface area contributed by atoms with Gasteiger partial charge in [-0.1, -0.05) is 17.7 Å². The highest BCUT2D eigenvalue weighted by Crippen LogP contribution is 2.43. The van der Waals surface area contributed by atoms with Gasteiger partial charge in [-0.05, 0) is 64.7 Å². The van der Waals surface area contributed by atoms with Crippen molar-refractivity contribution in [1.82, 2.24) is 9.80 Å². The molecule has 3 rings (SSSR count). The lowest BCUT2D eigenvalue weighted by atomic mass is 9.94. The Kier molecular flexibility index (Phi) is 8.07. The fourth-order valence-electron chi connectivity index (χ4n) is 4.12. The molecule has 0 aromatic heterocycles. The van der Waals surface area contributed by atoms with Gasteiger partial charge in [0.1, 0.15) is 11.5 Å². The van der Waals surface area contributed by atoms with Crippen molar-refractivity contribution in [2.75, 3.05) is 41.4 Å². The summed E-state index contributed by atoms with van der Waals surface area (Å²) in [5.41, 5.74) is 1.87. The maximum atomic E-state index is 13.3.